The van der Waals surface area contributed by atoms with Crippen molar-refractivity contribution in [2.75, 3.05) is 5.75 Å². The number of alkyl halides is 2. The molecular formula is C25H20F2N2O3S2. The standard InChI is InChI=1S/C25H20F2N2O3S2/c26-24(27)32-19-12-6-4-10-16(19)18(30)14-33-25-28-22-21(17-11-5-7-13-20(17)34-22)29(25)23(31)15-8-2-1-3-9-15/h1-4,6,8-10,12,24H,5,7,11,13-14H2. The number of carbonyl (C=O) groups excluding carboxylic acids is 2. The Bertz CT molecular complexity index is 1370. The zero-order valence-corrected chi connectivity index (χ0v) is 19.6. The lowest BCUT2D eigenvalue weighted by molar-refractivity contribution is -0.0501. The number of nitrogens with zero attached hydrogens (tertiary/aromatic N) is 2. The van der Waals surface area contributed by atoms with Crippen LogP contribution in [0.3, 0.4) is 0 Å². The SMILES string of the molecule is O=C(CSc1nc2sc3c(c2n1C(=O)c1ccccc1)CCCC3)c1ccccc1OC(F)F. The van der Waals surface area contributed by atoms with E-state index in [0.29, 0.717) is 10.7 Å². The van der Waals surface area contributed by atoms with Gasteiger partial charge in [0.15, 0.2) is 10.9 Å². The molecule has 5 nitrogen and oxygen atoms in total. The van der Waals surface area contributed by atoms with Gasteiger partial charge in [0.1, 0.15) is 10.6 Å². The maximum atomic E-state index is 13.5. The van der Waals surface area contributed by atoms with Crippen LogP contribution in [0.5, 0.6) is 5.75 Å². The number of hydrogen-bond donors (Lipinski definition) is 0. The van der Waals surface area contributed by atoms with E-state index >= 15 is 0 Å². The number of imidazole rings is 1. The first-order chi connectivity index (χ1) is 16.5. The Balaban J connectivity index is 1.50. The molecule has 0 saturated carbocycles. The summed E-state index contributed by atoms with van der Waals surface area (Å²) in [5.41, 5.74) is 2.59. The van der Waals surface area contributed by atoms with E-state index in [4.69, 9.17) is 4.98 Å². The van der Waals surface area contributed by atoms with E-state index in [1.54, 1.807) is 46.2 Å². The third kappa shape index (κ3) is 4.37. The molecule has 5 rings (SSSR count). The zero-order valence-electron chi connectivity index (χ0n) is 18.0. The summed E-state index contributed by atoms with van der Waals surface area (Å²) in [5.74, 6) is -0.820. The van der Waals surface area contributed by atoms with Gasteiger partial charge in [0.2, 0.25) is 0 Å². The van der Waals surface area contributed by atoms with Crippen LogP contribution < -0.4 is 4.74 Å². The van der Waals surface area contributed by atoms with Gasteiger partial charge in [0.25, 0.3) is 5.91 Å². The maximum Gasteiger partial charge on any atom is 0.387 e. The van der Waals surface area contributed by atoms with Gasteiger partial charge in [-0.2, -0.15) is 8.78 Å². The number of aromatic nitrogens is 2. The molecule has 2 aromatic heterocycles. The number of carbonyl (C=O) groups is 2. The molecule has 2 heterocycles. The van der Waals surface area contributed by atoms with Gasteiger partial charge in [-0.1, -0.05) is 42.1 Å². The Hall–Kier alpha value is -3.04. The second kappa shape index (κ2) is 9.68. The Kier molecular flexibility index (Phi) is 6.47. The molecule has 0 aliphatic heterocycles. The Labute approximate surface area is 202 Å². The number of para-hydroxylation sites is 1. The molecule has 9 heteroatoms. The van der Waals surface area contributed by atoms with Crippen LogP contribution in [0.15, 0.2) is 59.8 Å². The van der Waals surface area contributed by atoms with Gasteiger partial charge >= 0.3 is 6.61 Å². The molecule has 0 N–H and O–H groups in total. The monoisotopic (exact) mass is 498 g/mol. The number of ketones is 1. The van der Waals surface area contributed by atoms with Gasteiger partial charge < -0.3 is 4.74 Å². The number of fused-ring (bicyclic) bond motifs is 3. The number of thioether (sulfide) groups is 1. The van der Waals surface area contributed by atoms with Gasteiger partial charge in [-0.15, -0.1) is 11.3 Å². The van der Waals surface area contributed by atoms with Crippen LogP contribution in [0.2, 0.25) is 0 Å². The highest BCUT2D eigenvalue weighted by Crippen LogP contribution is 2.39. The largest absolute Gasteiger partial charge is 0.434 e. The molecule has 0 atom stereocenters. The quantitative estimate of drug-likeness (QED) is 0.223. The fourth-order valence-corrected chi connectivity index (χ4v) is 6.35. The van der Waals surface area contributed by atoms with Crippen LogP contribution in [0, 0.1) is 0 Å². The number of thiophene rings is 1. The molecule has 0 fully saturated rings. The van der Waals surface area contributed by atoms with E-state index in [-0.39, 0.29) is 28.8 Å². The highest BCUT2D eigenvalue weighted by atomic mass is 32.2. The highest BCUT2D eigenvalue weighted by molar-refractivity contribution is 7.99. The molecule has 2 aromatic carbocycles. The number of benzene rings is 2. The highest BCUT2D eigenvalue weighted by Gasteiger charge is 2.27. The first-order valence-electron chi connectivity index (χ1n) is 10.9. The number of ether oxygens (including phenoxy) is 1. The van der Waals surface area contributed by atoms with Crippen LogP contribution >= 0.6 is 23.1 Å². The van der Waals surface area contributed by atoms with Crippen LogP contribution in [0.25, 0.3) is 10.3 Å². The Morgan fingerprint density at radius 2 is 1.79 bits per heavy atom. The first-order valence-corrected chi connectivity index (χ1v) is 12.7. The van der Waals surface area contributed by atoms with E-state index in [2.05, 4.69) is 4.74 Å². The zero-order chi connectivity index (χ0) is 23.7. The van der Waals surface area contributed by atoms with Crippen molar-refractivity contribution in [3.05, 3.63) is 76.2 Å². The minimum absolute atomic E-state index is 0.0713. The van der Waals surface area contributed by atoms with Crippen molar-refractivity contribution in [2.24, 2.45) is 0 Å². The van der Waals surface area contributed by atoms with Crippen LogP contribution in [-0.2, 0) is 12.8 Å². The van der Waals surface area contributed by atoms with Crippen molar-refractivity contribution >= 4 is 45.1 Å². The molecule has 0 amide bonds. The molecule has 34 heavy (non-hydrogen) atoms. The summed E-state index contributed by atoms with van der Waals surface area (Å²) in [4.78, 5) is 33.2. The van der Waals surface area contributed by atoms with Gasteiger partial charge in [-0.05, 0) is 55.5 Å². The molecule has 1 aliphatic carbocycles. The molecule has 0 spiro atoms. The van der Waals surface area contributed by atoms with Gasteiger partial charge in [-0.3, -0.25) is 14.2 Å². The lowest BCUT2D eigenvalue weighted by Gasteiger charge is -2.13. The maximum absolute atomic E-state index is 13.5. The van der Waals surface area contributed by atoms with Crippen molar-refractivity contribution in [3.8, 4) is 5.75 Å². The first kappa shape index (κ1) is 22.7. The predicted molar refractivity (Wildman–Crippen MR) is 129 cm³/mol. The number of hydrogen-bond acceptors (Lipinski definition) is 6. The molecule has 1 aliphatic rings. The summed E-state index contributed by atoms with van der Waals surface area (Å²) in [5, 5.41) is 0.420. The van der Waals surface area contributed by atoms with E-state index in [0.717, 1.165) is 53.4 Å². The van der Waals surface area contributed by atoms with Crippen molar-refractivity contribution < 1.29 is 23.1 Å². The Morgan fingerprint density at radius 3 is 2.59 bits per heavy atom. The van der Waals surface area contributed by atoms with Gasteiger partial charge in [0, 0.05) is 10.4 Å². The average molecular weight is 499 g/mol. The average Bonchev–Trinajstić information content (AvgIpc) is 3.38. The predicted octanol–water partition coefficient (Wildman–Crippen LogP) is 6.24. The van der Waals surface area contributed by atoms with Crippen LogP contribution in [0.4, 0.5) is 8.78 Å². The summed E-state index contributed by atoms with van der Waals surface area (Å²) in [6.07, 6.45) is 4.06. The number of aryl methyl sites for hydroxylation is 2. The summed E-state index contributed by atoms with van der Waals surface area (Å²) >= 11 is 2.73. The second-order valence-electron chi connectivity index (χ2n) is 7.85. The van der Waals surface area contributed by atoms with E-state index < -0.39 is 6.61 Å². The van der Waals surface area contributed by atoms with E-state index in [1.807, 2.05) is 6.07 Å². The minimum atomic E-state index is -3.03. The molecule has 174 valence electrons. The lowest BCUT2D eigenvalue weighted by atomic mass is 9.98. The molecule has 0 saturated heterocycles. The van der Waals surface area contributed by atoms with E-state index in [1.165, 1.54) is 23.1 Å². The van der Waals surface area contributed by atoms with Crippen LogP contribution in [0.1, 0.15) is 44.0 Å². The summed E-state index contributed by atoms with van der Waals surface area (Å²) in [6, 6.07) is 14.9. The van der Waals surface area contributed by atoms with Crippen molar-refractivity contribution in [3.63, 3.8) is 0 Å². The fraction of sp³-hybridized carbons (Fsp3) is 0.240. The molecule has 0 unspecified atom stereocenters. The second-order valence-corrected chi connectivity index (χ2v) is 9.88. The smallest absolute Gasteiger partial charge is 0.387 e. The lowest BCUT2D eigenvalue weighted by Crippen LogP contribution is -2.15. The van der Waals surface area contributed by atoms with Crippen LogP contribution in [-0.4, -0.2) is 33.6 Å². The van der Waals surface area contributed by atoms with E-state index in [9.17, 15) is 18.4 Å². The third-order valence-electron chi connectivity index (χ3n) is 5.70. The topological polar surface area (TPSA) is 61.2 Å². The fourth-order valence-electron chi connectivity index (χ4n) is 4.17. The molecule has 0 bridgehead atoms. The third-order valence-corrected chi connectivity index (χ3v) is 7.81. The number of halogens is 2. The summed E-state index contributed by atoms with van der Waals surface area (Å²) in [6.45, 7) is -3.03. The summed E-state index contributed by atoms with van der Waals surface area (Å²) in [7, 11) is 0. The molecule has 4 aromatic rings. The molecule has 0 radical (unpaired) electrons. The number of Topliss-reactive ketones (excluding diaryl/α,β-unsaturated/α-hetero) is 1. The molecular weight excluding hydrogens is 478 g/mol. The van der Waals surface area contributed by atoms with Crippen molar-refractivity contribution in [2.45, 2.75) is 37.5 Å². The van der Waals surface area contributed by atoms with Gasteiger partial charge in [0.05, 0.1) is 16.8 Å². The minimum Gasteiger partial charge on any atom is -0.434 e. The number of rotatable bonds is 7. The normalized spacial score (nSPS) is 13.3. The Morgan fingerprint density at radius 1 is 1.06 bits per heavy atom. The van der Waals surface area contributed by atoms with Crippen molar-refractivity contribution in [1.82, 2.24) is 9.55 Å². The van der Waals surface area contributed by atoms with Crippen molar-refractivity contribution in [1.29, 1.82) is 0 Å². The van der Waals surface area contributed by atoms with Gasteiger partial charge in [-0.25, -0.2) is 4.98 Å². The summed E-state index contributed by atoms with van der Waals surface area (Å²) < 4.78 is 31.6.